The van der Waals surface area contributed by atoms with E-state index in [1.165, 1.54) is 0 Å². The van der Waals surface area contributed by atoms with Crippen molar-refractivity contribution in [1.82, 2.24) is 5.32 Å². The normalized spacial score (nSPS) is 11.7. The average molecular weight is 250 g/mol. The molecule has 0 aliphatic carbocycles. The minimum atomic E-state index is -0.376. The third-order valence-electron chi connectivity index (χ3n) is 2.46. The highest BCUT2D eigenvalue weighted by Gasteiger charge is 2.16. The van der Waals surface area contributed by atoms with Gasteiger partial charge in [-0.15, -0.1) is 0 Å². The third kappa shape index (κ3) is 3.76. The number of carbonyl (C=O) groups is 2. The Bertz CT molecular complexity index is 432. The maximum absolute atomic E-state index is 11.8. The lowest BCUT2D eigenvalue weighted by Crippen LogP contribution is -2.32. The Hall–Kier alpha value is -2.04. The Morgan fingerprint density at radius 2 is 2.06 bits per heavy atom. The van der Waals surface area contributed by atoms with Crippen molar-refractivity contribution in [2.24, 2.45) is 5.92 Å². The fourth-order valence-corrected chi connectivity index (χ4v) is 1.41. The van der Waals surface area contributed by atoms with Crippen molar-refractivity contribution in [1.29, 1.82) is 0 Å². The lowest BCUT2D eigenvalue weighted by atomic mass is 10.1. The molecule has 1 aromatic carbocycles. The van der Waals surface area contributed by atoms with E-state index in [1.807, 2.05) is 0 Å². The highest BCUT2D eigenvalue weighted by molar-refractivity contribution is 5.99. The van der Waals surface area contributed by atoms with E-state index >= 15 is 0 Å². The summed E-state index contributed by atoms with van der Waals surface area (Å²) in [5, 5.41) is 2.66. The van der Waals surface area contributed by atoms with Gasteiger partial charge in [-0.2, -0.15) is 0 Å². The number of ether oxygens (including phenoxy) is 1. The van der Waals surface area contributed by atoms with Gasteiger partial charge < -0.3 is 15.8 Å². The number of nitrogen functional groups attached to an aromatic ring is 1. The van der Waals surface area contributed by atoms with Gasteiger partial charge in [0.1, 0.15) is 0 Å². The largest absolute Gasteiger partial charge is 0.466 e. The lowest BCUT2D eigenvalue weighted by molar-refractivity contribution is -0.147. The minimum absolute atomic E-state index is 0.228. The fraction of sp³-hybridized carbons (Fsp3) is 0.385. The zero-order chi connectivity index (χ0) is 13.5. The molecule has 98 valence electrons. The zero-order valence-corrected chi connectivity index (χ0v) is 10.6. The molecular weight excluding hydrogens is 232 g/mol. The van der Waals surface area contributed by atoms with Crippen molar-refractivity contribution in [2.75, 3.05) is 18.9 Å². The van der Waals surface area contributed by atoms with Crippen LogP contribution in [0.4, 0.5) is 5.69 Å². The molecule has 18 heavy (non-hydrogen) atoms. The van der Waals surface area contributed by atoms with E-state index in [-0.39, 0.29) is 24.3 Å². The van der Waals surface area contributed by atoms with Gasteiger partial charge in [0.25, 0.3) is 5.91 Å². The fourth-order valence-electron chi connectivity index (χ4n) is 1.41. The molecule has 1 aromatic rings. The Labute approximate surface area is 106 Å². The number of hydrogen-bond acceptors (Lipinski definition) is 4. The number of nitrogens with two attached hydrogens (primary N) is 1. The van der Waals surface area contributed by atoms with Gasteiger partial charge in [-0.25, -0.2) is 0 Å². The molecule has 0 aliphatic rings. The molecule has 0 aliphatic heterocycles. The number of benzene rings is 1. The Balaban J connectivity index is 2.52. The van der Waals surface area contributed by atoms with Crippen molar-refractivity contribution >= 4 is 17.6 Å². The summed E-state index contributed by atoms with van der Waals surface area (Å²) in [6.07, 6.45) is 0. The van der Waals surface area contributed by atoms with Crippen LogP contribution in [0.15, 0.2) is 24.3 Å². The molecule has 1 rings (SSSR count). The molecule has 0 spiro atoms. The van der Waals surface area contributed by atoms with E-state index < -0.39 is 0 Å². The number of carbonyl (C=O) groups excluding carboxylic acids is 2. The first-order valence-electron chi connectivity index (χ1n) is 5.85. The monoisotopic (exact) mass is 250 g/mol. The van der Waals surface area contributed by atoms with Gasteiger partial charge in [0.15, 0.2) is 0 Å². The maximum Gasteiger partial charge on any atom is 0.310 e. The van der Waals surface area contributed by atoms with Gasteiger partial charge in [0.2, 0.25) is 0 Å². The number of esters is 1. The van der Waals surface area contributed by atoms with Crippen molar-refractivity contribution in [3.63, 3.8) is 0 Å². The third-order valence-corrected chi connectivity index (χ3v) is 2.46. The SMILES string of the molecule is CCOC(=O)C(C)CNC(=O)c1ccccc1N. The Kier molecular flexibility index (Phi) is 5.17. The van der Waals surface area contributed by atoms with Crippen molar-refractivity contribution in [3.8, 4) is 0 Å². The minimum Gasteiger partial charge on any atom is -0.466 e. The molecule has 0 aromatic heterocycles. The van der Waals surface area contributed by atoms with Gasteiger partial charge >= 0.3 is 5.97 Å². The van der Waals surface area contributed by atoms with Crippen LogP contribution in [0.1, 0.15) is 24.2 Å². The highest BCUT2D eigenvalue weighted by Crippen LogP contribution is 2.10. The van der Waals surface area contributed by atoms with Crippen LogP contribution < -0.4 is 11.1 Å². The molecule has 1 unspecified atom stereocenters. The van der Waals surface area contributed by atoms with E-state index in [9.17, 15) is 9.59 Å². The first-order chi connectivity index (χ1) is 8.56. The molecule has 3 N–H and O–H groups in total. The smallest absolute Gasteiger partial charge is 0.310 e. The van der Waals surface area contributed by atoms with Gasteiger partial charge in [0.05, 0.1) is 18.1 Å². The van der Waals surface area contributed by atoms with Crippen LogP contribution in [-0.4, -0.2) is 25.0 Å². The summed E-state index contributed by atoms with van der Waals surface area (Å²) in [5.74, 6) is -0.984. The molecule has 0 radical (unpaired) electrons. The number of nitrogens with one attached hydrogen (secondary N) is 1. The Morgan fingerprint density at radius 3 is 2.67 bits per heavy atom. The van der Waals surface area contributed by atoms with Crippen LogP contribution in [0.3, 0.4) is 0 Å². The number of rotatable bonds is 5. The van der Waals surface area contributed by atoms with Crippen LogP contribution >= 0.6 is 0 Å². The Morgan fingerprint density at radius 1 is 1.39 bits per heavy atom. The highest BCUT2D eigenvalue weighted by atomic mass is 16.5. The first-order valence-corrected chi connectivity index (χ1v) is 5.85. The summed E-state index contributed by atoms with van der Waals surface area (Å²) >= 11 is 0. The van der Waals surface area contributed by atoms with Crippen molar-refractivity contribution in [3.05, 3.63) is 29.8 Å². The number of amides is 1. The van der Waals surface area contributed by atoms with Crippen LogP contribution in [0, 0.1) is 5.92 Å². The predicted octanol–water partition coefficient (Wildman–Crippen LogP) is 1.20. The molecular formula is C13H18N2O3. The van der Waals surface area contributed by atoms with E-state index in [4.69, 9.17) is 10.5 Å². The summed E-state index contributed by atoms with van der Waals surface area (Å²) in [7, 11) is 0. The molecule has 1 amide bonds. The molecule has 0 saturated carbocycles. The van der Waals surface area contributed by atoms with Gasteiger partial charge in [-0.05, 0) is 19.1 Å². The first kappa shape index (κ1) is 14.0. The van der Waals surface area contributed by atoms with E-state index in [2.05, 4.69) is 5.32 Å². The molecule has 5 nitrogen and oxygen atoms in total. The predicted molar refractivity (Wildman–Crippen MR) is 69.0 cm³/mol. The zero-order valence-electron chi connectivity index (χ0n) is 10.6. The number of anilines is 1. The standard InChI is InChI=1S/C13H18N2O3/c1-3-18-13(17)9(2)8-15-12(16)10-6-4-5-7-11(10)14/h4-7,9H,3,8,14H2,1-2H3,(H,15,16). The molecule has 0 fully saturated rings. The van der Waals surface area contributed by atoms with Crippen molar-refractivity contribution in [2.45, 2.75) is 13.8 Å². The number of para-hydroxylation sites is 1. The second-order valence-electron chi connectivity index (χ2n) is 3.95. The van der Waals surface area contributed by atoms with E-state index in [0.717, 1.165) is 0 Å². The summed E-state index contributed by atoms with van der Waals surface area (Å²) in [6, 6.07) is 6.79. The van der Waals surface area contributed by atoms with Crippen LogP contribution in [0.2, 0.25) is 0 Å². The topological polar surface area (TPSA) is 81.4 Å². The van der Waals surface area contributed by atoms with Crippen molar-refractivity contribution < 1.29 is 14.3 Å². The average Bonchev–Trinajstić information content (AvgIpc) is 2.36. The summed E-state index contributed by atoms with van der Waals surface area (Å²) in [4.78, 5) is 23.2. The number of hydrogen-bond donors (Lipinski definition) is 2. The lowest BCUT2D eigenvalue weighted by Gasteiger charge is -2.12. The van der Waals surface area contributed by atoms with Gasteiger partial charge in [-0.1, -0.05) is 19.1 Å². The summed E-state index contributed by atoms with van der Waals surface area (Å²) in [5.41, 5.74) is 6.51. The molecule has 1 atom stereocenters. The van der Waals surface area contributed by atoms with Crippen LogP contribution in [0.25, 0.3) is 0 Å². The van der Waals surface area contributed by atoms with Crippen LogP contribution in [-0.2, 0) is 9.53 Å². The van der Waals surface area contributed by atoms with Gasteiger partial charge in [0, 0.05) is 12.2 Å². The quantitative estimate of drug-likeness (QED) is 0.607. The maximum atomic E-state index is 11.8. The van der Waals surface area contributed by atoms with Crippen LogP contribution in [0.5, 0.6) is 0 Å². The second kappa shape index (κ2) is 6.64. The van der Waals surface area contributed by atoms with E-state index in [1.54, 1.807) is 38.1 Å². The molecule has 0 saturated heterocycles. The summed E-state index contributed by atoms with van der Waals surface area (Å²) < 4.78 is 4.85. The van der Waals surface area contributed by atoms with Gasteiger partial charge in [-0.3, -0.25) is 9.59 Å². The molecule has 0 bridgehead atoms. The molecule has 5 heteroatoms. The molecule has 0 heterocycles. The summed E-state index contributed by atoms with van der Waals surface area (Å²) in [6.45, 7) is 4.01. The second-order valence-corrected chi connectivity index (χ2v) is 3.95. The van der Waals surface area contributed by atoms with E-state index in [0.29, 0.717) is 17.9 Å².